The summed E-state index contributed by atoms with van der Waals surface area (Å²) in [6, 6.07) is 6.89. The second-order valence-electron chi connectivity index (χ2n) is 4.61. The predicted molar refractivity (Wildman–Crippen MR) is 70.2 cm³/mol. The third-order valence-electron chi connectivity index (χ3n) is 3.06. The zero-order valence-corrected chi connectivity index (χ0v) is 11.8. The number of hydrogen-bond donors (Lipinski definition) is 1. The van der Waals surface area contributed by atoms with Crippen LogP contribution in [-0.4, -0.2) is 39.8 Å². The van der Waals surface area contributed by atoms with Gasteiger partial charge in [0.15, 0.2) is 5.60 Å². The molecule has 1 N–H and O–H groups in total. The van der Waals surface area contributed by atoms with Gasteiger partial charge in [-0.3, -0.25) is 0 Å². The van der Waals surface area contributed by atoms with Crippen LogP contribution in [0.25, 0.3) is 0 Å². The molecule has 9 heteroatoms. The molecule has 1 atom stereocenters. The molecule has 1 unspecified atom stereocenters. The summed E-state index contributed by atoms with van der Waals surface area (Å²) in [5.41, 5.74) is -3.19. The fraction of sp³-hybridized carbons (Fsp3) is 0.333. The molecule has 1 heterocycles. The number of aliphatic hydroxyl groups is 1. The van der Waals surface area contributed by atoms with E-state index in [2.05, 4.69) is 10.1 Å². The van der Waals surface area contributed by atoms with Crippen molar-refractivity contribution in [3.63, 3.8) is 0 Å². The Morgan fingerprint density at radius 1 is 1.29 bits per heavy atom. The molecule has 21 heavy (non-hydrogen) atoms. The van der Waals surface area contributed by atoms with E-state index < -0.39 is 27.2 Å². The van der Waals surface area contributed by atoms with Crippen LogP contribution in [0.3, 0.4) is 0 Å². The molecule has 0 bridgehead atoms. The van der Waals surface area contributed by atoms with Crippen molar-refractivity contribution in [2.75, 3.05) is 6.26 Å². The smallest absolute Gasteiger partial charge is 0.376 e. The number of nitrogens with zero attached hydrogens (tertiary/aromatic N) is 3. The summed E-state index contributed by atoms with van der Waals surface area (Å²) in [5.74, 6) is 0. The lowest BCUT2D eigenvalue weighted by molar-refractivity contribution is -0.143. The second-order valence-corrected chi connectivity index (χ2v) is 6.67. The second kappa shape index (κ2) is 5.15. The SMILES string of the molecule is CS(=O)(=O)C(F)(F)C(O)(Cn1cncn1)c1ccccc1. The highest BCUT2D eigenvalue weighted by Gasteiger charge is 2.61. The number of rotatable bonds is 5. The zero-order chi connectivity index (χ0) is 15.7. The van der Waals surface area contributed by atoms with E-state index in [9.17, 15) is 22.3 Å². The monoisotopic (exact) mass is 317 g/mol. The van der Waals surface area contributed by atoms with Gasteiger partial charge in [0, 0.05) is 6.26 Å². The lowest BCUT2D eigenvalue weighted by Crippen LogP contribution is -2.53. The molecule has 2 aromatic rings. The van der Waals surface area contributed by atoms with Crippen molar-refractivity contribution in [3.8, 4) is 0 Å². The van der Waals surface area contributed by atoms with Crippen LogP contribution < -0.4 is 0 Å². The van der Waals surface area contributed by atoms with Crippen molar-refractivity contribution >= 4 is 9.84 Å². The number of alkyl halides is 2. The first-order valence-corrected chi connectivity index (χ1v) is 7.75. The van der Waals surface area contributed by atoms with E-state index in [-0.39, 0.29) is 5.56 Å². The van der Waals surface area contributed by atoms with Crippen LogP contribution >= 0.6 is 0 Å². The van der Waals surface area contributed by atoms with E-state index in [1.54, 1.807) is 6.07 Å². The third kappa shape index (κ3) is 2.66. The topological polar surface area (TPSA) is 85.1 Å². The fourth-order valence-electron chi connectivity index (χ4n) is 1.92. The van der Waals surface area contributed by atoms with Gasteiger partial charge in [-0.05, 0) is 5.56 Å². The maximum Gasteiger partial charge on any atom is 0.379 e. The quantitative estimate of drug-likeness (QED) is 0.882. The van der Waals surface area contributed by atoms with Crippen molar-refractivity contribution in [2.24, 2.45) is 0 Å². The van der Waals surface area contributed by atoms with Gasteiger partial charge < -0.3 is 5.11 Å². The highest BCUT2D eigenvalue weighted by Crippen LogP contribution is 2.42. The van der Waals surface area contributed by atoms with Crippen molar-refractivity contribution in [1.29, 1.82) is 0 Å². The molecule has 1 aromatic heterocycles. The first-order chi connectivity index (χ1) is 9.68. The van der Waals surface area contributed by atoms with Crippen molar-refractivity contribution in [1.82, 2.24) is 14.8 Å². The number of hydrogen-bond acceptors (Lipinski definition) is 5. The zero-order valence-electron chi connectivity index (χ0n) is 11.0. The molecule has 0 radical (unpaired) electrons. The lowest BCUT2D eigenvalue weighted by atomic mass is 9.94. The molecule has 0 spiro atoms. The highest BCUT2D eigenvalue weighted by molar-refractivity contribution is 7.91. The Hall–Kier alpha value is -1.87. The van der Waals surface area contributed by atoms with E-state index in [0.717, 1.165) is 17.3 Å². The Bertz CT molecular complexity index is 705. The molecule has 0 aliphatic heterocycles. The molecule has 0 saturated carbocycles. The van der Waals surface area contributed by atoms with Crippen LogP contribution in [0.1, 0.15) is 5.56 Å². The van der Waals surface area contributed by atoms with Crippen LogP contribution in [0.2, 0.25) is 0 Å². The number of benzene rings is 1. The predicted octanol–water partition coefficient (Wildman–Crippen LogP) is 0.803. The van der Waals surface area contributed by atoms with Crippen LogP contribution in [0.15, 0.2) is 43.0 Å². The van der Waals surface area contributed by atoms with E-state index in [0.29, 0.717) is 6.26 Å². The summed E-state index contributed by atoms with van der Waals surface area (Å²) in [5, 5.41) is 9.74. The molecule has 2 rings (SSSR count). The summed E-state index contributed by atoms with van der Waals surface area (Å²) in [7, 11) is -4.86. The minimum absolute atomic E-state index is 0.226. The van der Waals surface area contributed by atoms with Crippen molar-refractivity contribution in [3.05, 3.63) is 48.5 Å². The minimum Gasteiger partial charge on any atom is -0.376 e. The Labute approximate surface area is 120 Å². The average Bonchev–Trinajstić information content (AvgIpc) is 2.91. The van der Waals surface area contributed by atoms with Crippen LogP contribution in [0, 0.1) is 0 Å². The third-order valence-corrected chi connectivity index (χ3v) is 4.32. The largest absolute Gasteiger partial charge is 0.379 e. The van der Waals surface area contributed by atoms with Gasteiger partial charge in [-0.25, -0.2) is 18.1 Å². The molecular weight excluding hydrogens is 304 g/mol. The molecule has 0 saturated heterocycles. The molecule has 114 valence electrons. The molecule has 0 aliphatic rings. The van der Waals surface area contributed by atoms with Crippen LogP contribution in [-0.2, 0) is 22.0 Å². The van der Waals surface area contributed by atoms with Crippen molar-refractivity contribution in [2.45, 2.75) is 17.4 Å². The van der Waals surface area contributed by atoms with Gasteiger partial charge in [0.25, 0.3) is 0 Å². The van der Waals surface area contributed by atoms with E-state index in [4.69, 9.17) is 0 Å². The Balaban J connectivity index is 2.59. The summed E-state index contributed by atoms with van der Waals surface area (Å²) < 4.78 is 52.6. The molecule has 0 fully saturated rings. The summed E-state index contributed by atoms with van der Waals surface area (Å²) in [6.45, 7) is -0.753. The van der Waals surface area contributed by atoms with E-state index in [1.807, 2.05) is 0 Å². The van der Waals surface area contributed by atoms with Gasteiger partial charge in [0.05, 0.1) is 6.54 Å². The molecular formula is C12H13F2N3O3S. The summed E-state index contributed by atoms with van der Waals surface area (Å²) in [4.78, 5) is 3.59. The van der Waals surface area contributed by atoms with Crippen molar-refractivity contribution < 1.29 is 22.3 Å². The van der Waals surface area contributed by atoms with Gasteiger partial charge in [-0.2, -0.15) is 13.9 Å². The Kier molecular flexibility index (Phi) is 3.81. The van der Waals surface area contributed by atoms with Gasteiger partial charge >= 0.3 is 5.25 Å². The first kappa shape index (κ1) is 15.5. The normalized spacial score (nSPS) is 15.6. The van der Waals surface area contributed by atoms with Crippen LogP contribution in [0.4, 0.5) is 8.78 Å². The van der Waals surface area contributed by atoms with Gasteiger partial charge in [0.1, 0.15) is 12.7 Å². The first-order valence-electron chi connectivity index (χ1n) is 5.86. The minimum atomic E-state index is -4.86. The summed E-state index contributed by atoms with van der Waals surface area (Å²) >= 11 is 0. The van der Waals surface area contributed by atoms with Crippen LogP contribution in [0.5, 0.6) is 0 Å². The van der Waals surface area contributed by atoms with Gasteiger partial charge in [-0.1, -0.05) is 30.3 Å². The lowest BCUT2D eigenvalue weighted by Gasteiger charge is -2.34. The molecule has 0 aliphatic carbocycles. The number of halogens is 2. The molecule has 1 aromatic carbocycles. The fourth-order valence-corrected chi connectivity index (χ4v) is 2.72. The maximum absolute atomic E-state index is 14.4. The average molecular weight is 317 g/mol. The molecule has 6 nitrogen and oxygen atoms in total. The van der Waals surface area contributed by atoms with E-state index in [1.165, 1.54) is 24.3 Å². The summed E-state index contributed by atoms with van der Waals surface area (Å²) in [6.07, 6.45) is 2.60. The number of sulfone groups is 1. The van der Waals surface area contributed by atoms with Gasteiger partial charge in [0.2, 0.25) is 9.84 Å². The Morgan fingerprint density at radius 2 is 1.90 bits per heavy atom. The van der Waals surface area contributed by atoms with E-state index >= 15 is 0 Å². The van der Waals surface area contributed by atoms with Gasteiger partial charge in [-0.15, -0.1) is 0 Å². The highest BCUT2D eigenvalue weighted by atomic mass is 32.2. The maximum atomic E-state index is 14.4. The molecule has 0 amide bonds. The number of aromatic nitrogens is 3. The Morgan fingerprint density at radius 3 is 2.38 bits per heavy atom. The standard InChI is InChI=1S/C12H13F2N3O3S/c1-21(19,20)12(13,14)11(18,7-17-9-15-8-16-17)10-5-3-2-4-6-10/h2-6,8-9,18H,7H2,1H3.